The van der Waals surface area contributed by atoms with Gasteiger partial charge >= 0.3 is 0 Å². The molecule has 9 heteroatoms. The molecule has 0 aliphatic rings. The number of nitrogens with zero attached hydrogens (tertiary/aromatic N) is 4. The lowest BCUT2D eigenvalue weighted by molar-refractivity contribution is -0.128. The van der Waals surface area contributed by atoms with E-state index in [0.29, 0.717) is 17.5 Å². The van der Waals surface area contributed by atoms with Gasteiger partial charge in [0.15, 0.2) is 0 Å². The van der Waals surface area contributed by atoms with E-state index in [1.807, 2.05) is 20.8 Å². The van der Waals surface area contributed by atoms with Crippen molar-refractivity contribution in [2.45, 2.75) is 45.3 Å². The van der Waals surface area contributed by atoms with E-state index in [-0.39, 0.29) is 17.8 Å². The molecule has 4 aromatic rings. The van der Waals surface area contributed by atoms with E-state index in [0.717, 1.165) is 11.0 Å². The number of benzene rings is 3. The number of hydrogen-bond acceptors (Lipinski definition) is 4. The van der Waals surface area contributed by atoms with E-state index < -0.39 is 35.0 Å². The Morgan fingerprint density at radius 2 is 1.75 bits per heavy atom. The van der Waals surface area contributed by atoms with E-state index >= 15 is 4.39 Å². The van der Waals surface area contributed by atoms with Crippen LogP contribution < -0.4 is 10.2 Å². The molecule has 1 aromatic heterocycles. The minimum atomic E-state index is -1.40. The molecule has 0 saturated carbocycles. The van der Waals surface area contributed by atoms with Gasteiger partial charge in [0.2, 0.25) is 11.8 Å². The molecule has 186 valence electrons. The molecule has 2 amide bonds. The zero-order chi connectivity index (χ0) is 25.9. The Morgan fingerprint density at radius 1 is 1.03 bits per heavy atom. The van der Waals surface area contributed by atoms with E-state index in [9.17, 15) is 14.0 Å². The second-order valence-electron chi connectivity index (χ2n) is 9.13. The van der Waals surface area contributed by atoms with Crippen LogP contribution in [0.5, 0.6) is 0 Å². The molecule has 0 unspecified atom stereocenters. The van der Waals surface area contributed by atoms with Crippen LogP contribution in [0.1, 0.15) is 38.8 Å². The van der Waals surface area contributed by atoms with Crippen molar-refractivity contribution in [3.8, 4) is 0 Å². The summed E-state index contributed by atoms with van der Waals surface area (Å²) in [5.74, 6) is -2.44. The highest BCUT2D eigenvalue weighted by atomic mass is 19.1. The fourth-order valence-electron chi connectivity index (χ4n) is 3.89. The second kappa shape index (κ2) is 10.2. The normalized spacial score (nSPS) is 12.4. The van der Waals surface area contributed by atoms with Crippen LogP contribution in [-0.4, -0.2) is 32.3 Å². The number of rotatable bonds is 8. The van der Waals surface area contributed by atoms with Gasteiger partial charge in [-0.15, -0.1) is 5.10 Å². The molecule has 7 nitrogen and oxygen atoms in total. The lowest BCUT2D eigenvalue weighted by Crippen LogP contribution is -2.51. The summed E-state index contributed by atoms with van der Waals surface area (Å²) in [7, 11) is 0. The average molecular weight is 492 g/mol. The molecule has 36 heavy (non-hydrogen) atoms. The summed E-state index contributed by atoms with van der Waals surface area (Å²) in [4.78, 5) is 28.7. The van der Waals surface area contributed by atoms with Crippen LogP contribution in [0.4, 0.5) is 14.5 Å². The molecular formula is C27H27F2N5O2. The second-order valence-corrected chi connectivity index (χ2v) is 9.13. The highest BCUT2D eigenvalue weighted by Gasteiger charge is 2.37. The predicted octanol–water partition coefficient (Wildman–Crippen LogP) is 4.79. The van der Waals surface area contributed by atoms with Gasteiger partial charge in [-0.1, -0.05) is 48.5 Å². The van der Waals surface area contributed by atoms with Crippen LogP contribution in [0, 0.1) is 11.6 Å². The van der Waals surface area contributed by atoms with E-state index in [1.54, 1.807) is 30.3 Å². The van der Waals surface area contributed by atoms with Gasteiger partial charge in [-0.3, -0.25) is 14.5 Å². The number of hydrogen-bond donors (Lipinski definition) is 1. The standard InChI is InChI=1S/C27H27F2N5O2/c1-4-27(2,3)30-26(36)25(20-12-5-6-13-21(20)29)34(19-11-9-10-18(28)16-19)24(35)17-33-23-15-8-7-14-22(23)31-32-33/h5-16,25H,4,17H2,1-3H3,(H,30,36)/t25-/m1/s1. The maximum atomic E-state index is 15.1. The van der Waals surface area contributed by atoms with Gasteiger partial charge in [0, 0.05) is 16.8 Å². The summed E-state index contributed by atoms with van der Waals surface area (Å²) in [6.45, 7) is 5.27. The Kier molecular flexibility index (Phi) is 7.10. The Balaban J connectivity index is 1.84. The van der Waals surface area contributed by atoms with Crippen molar-refractivity contribution in [1.29, 1.82) is 0 Å². The van der Waals surface area contributed by atoms with Crippen molar-refractivity contribution in [2.24, 2.45) is 0 Å². The maximum Gasteiger partial charge on any atom is 0.249 e. The van der Waals surface area contributed by atoms with Crippen LogP contribution in [0.15, 0.2) is 72.8 Å². The molecule has 3 aromatic carbocycles. The predicted molar refractivity (Wildman–Crippen MR) is 133 cm³/mol. The van der Waals surface area contributed by atoms with Crippen molar-refractivity contribution >= 4 is 28.5 Å². The smallest absolute Gasteiger partial charge is 0.249 e. The first-order chi connectivity index (χ1) is 17.2. The largest absolute Gasteiger partial charge is 0.349 e. The minimum absolute atomic E-state index is 0.0111. The van der Waals surface area contributed by atoms with Crippen molar-refractivity contribution in [2.75, 3.05) is 4.90 Å². The van der Waals surface area contributed by atoms with Gasteiger partial charge in [-0.2, -0.15) is 0 Å². The molecule has 0 aliphatic carbocycles. The molecule has 1 atom stereocenters. The number of fused-ring (bicyclic) bond motifs is 1. The molecule has 1 N–H and O–H groups in total. The first-order valence-corrected chi connectivity index (χ1v) is 11.6. The zero-order valence-corrected chi connectivity index (χ0v) is 20.3. The van der Waals surface area contributed by atoms with Crippen LogP contribution in [-0.2, 0) is 16.1 Å². The molecule has 0 fully saturated rings. The Bertz CT molecular complexity index is 1400. The summed E-state index contributed by atoms with van der Waals surface area (Å²) in [6, 6.07) is 16.8. The maximum absolute atomic E-state index is 15.1. The van der Waals surface area contributed by atoms with Crippen LogP contribution in [0.3, 0.4) is 0 Å². The van der Waals surface area contributed by atoms with E-state index in [2.05, 4.69) is 15.6 Å². The SMILES string of the molecule is CCC(C)(C)NC(=O)[C@@H](c1ccccc1F)N(C(=O)Cn1nnc2ccccc21)c1cccc(F)c1. The minimum Gasteiger partial charge on any atom is -0.349 e. The Morgan fingerprint density at radius 3 is 2.47 bits per heavy atom. The average Bonchev–Trinajstić information content (AvgIpc) is 3.25. The van der Waals surface area contributed by atoms with Gasteiger partial charge in [0.25, 0.3) is 0 Å². The first kappa shape index (κ1) is 25.0. The van der Waals surface area contributed by atoms with Crippen molar-refractivity contribution in [3.05, 3.63) is 90.0 Å². The summed E-state index contributed by atoms with van der Waals surface area (Å²) < 4.78 is 30.8. The van der Waals surface area contributed by atoms with Crippen molar-refractivity contribution in [3.63, 3.8) is 0 Å². The third-order valence-electron chi connectivity index (χ3n) is 6.11. The Labute approximate surface area is 207 Å². The summed E-state index contributed by atoms with van der Waals surface area (Å²) in [6.07, 6.45) is 0.599. The molecule has 0 aliphatic heterocycles. The van der Waals surface area contributed by atoms with E-state index in [1.165, 1.54) is 41.1 Å². The number of anilines is 1. The zero-order valence-electron chi connectivity index (χ0n) is 20.3. The van der Waals surface area contributed by atoms with Crippen molar-refractivity contribution in [1.82, 2.24) is 20.3 Å². The van der Waals surface area contributed by atoms with Gasteiger partial charge in [0.05, 0.1) is 5.52 Å². The third kappa shape index (κ3) is 5.25. The number of amides is 2. The first-order valence-electron chi connectivity index (χ1n) is 11.6. The quantitative estimate of drug-likeness (QED) is 0.384. The monoisotopic (exact) mass is 491 g/mol. The lowest BCUT2D eigenvalue weighted by Gasteiger charge is -2.34. The number of nitrogens with one attached hydrogen (secondary N) is 1. The molecule has 0 bridgehead atoms. The molecular weight excluding hydrogens is 464 g/mol. The number of carbonyl (C=O) groups is 2. The van der Waals surface area contributed by atoms with Gasteiger partial charge in [-0.05, 0) is 56.7 Å². The Hall–Kier alpha value is -4.14. The summed E-state index contributed by atoms with van der Waals surface area (Å²) in [5, 5.41) is 11.1. The number of para-hydroxylation sites is 1. The van der Waals surface area contributed by atoms with E-state index in [4.69, 9.17) is 0 Å². The summed E-state index contributed by atoms with van der Waals surface area (Å²) >= 11 is 0. The topological polar surface area (TPSA) is 80.1 Å². The fraction of sp³-hybridized carbons (Fsp3) is 0.259. The van der Waals surface area contributed by atoms with Crippen LogP contribution in [0.2, 0.25) is 0 Å². The molecule has 0 radical (unpaired) electrons. The van der Waals surface area contributed by atoms with Gasteiger partial charge < -0.3 is 5.32 Å². The van der Waals surface area contributed by atoms with Gasteiger partial charge in [0.1, 0.15) is 29.7 Å². The number of carbonyl (C=O) groups excluding carboxylic acids is 2. The highest BCUT2D eigenvalue weighted by Crippen LogP contribution is 2.31. The van der Waals surface area contributed by atoms with Crippen molar-refractivity contribution < 1.29 is 18.4 Å². The molecule has 4 rings (SSSR count). The molecule has 0 saturated heterocycles. The lowest BCUT2D eigenvalue weighted by atomic mass is 9.98. The number of halogens is 2. The molecule has 1 heterocycles. The third-order valence-corrected chi connectivity index (χ3v) is 6.11. The van der Waals surface area contributed by atoms with Crippen LogP contribution >= 0.6 is 0 Å². The van der Waals surface area contributed by atoms with Crippen LogP contribution in [0.25, 0.3) is 11.0 Å². The highest BCUT2D eigenvalue weighted by molar-refractivity contribution is 6.01. The molecule has 0 spiro atoms. The summed E-state index contributed by atoms with van der Waals surface area (Å²) in [5.41, 5.74) is 0.684. The fourth-order valence-corrected chi connectivity index (χ4v) is 3.89. The van der Waals surface area contributed by atoms with Gasteiger partial charge in [-0.25, -0.2) is 13.5 Å². The number of aromatic nitrogens is 3.